The van der Waals surface area contributed by atoms with Crippen molar-refractivity contribution in [2.75, 3.05) is 40.4 Å². The van der Waals surface area contributed by atoms with Crippen LogP contribution in [0.2, 0.25) is 0 Å². The molecule has 0 aliphatic carbocycles. The number of likely N-dealkylation sites (tertiary alicyclic amines) is 1. The lowest BCUT2D eigenvalue weighted by Crippen LogP contribution is -2.44. The highest BCUT2D eigenvalue weighted by Crippen LogP contribution is 2.28. The second-order valence-corrected chi connectivity index (χ2v) is 7.35. The monoisotopic (exact) mass is 414 g/mol. The van der Waals surface area contributed by atoms with Crippen molar-refractivity contribution in [3.8, 4) is 11.5 Å². The molecule has 2 aromatic rings. The Hall–Kier alpha value is -2.67. The van der Waals surface area contributed by atoms with Gasteiger partial charge in [-0.3, -0.25) is 9.89 Å². The molecular weight excluding hydrogens is 380 g/mol. The number of ether oxygens (including phenoxy) is 2. The first-order valence-corrected chi connectivity index (χ1v) is 10.8. The van der Waals surface area contributed by atoms with E-state index < -0.39 is 0 Å². The number of guanidine groups is 1. The molecule has 3 rings (SSSR count). The summed E-state index contributed by atoms with van der Waals surface area (Å²) in [6.45, 7) is 6.15. The first kappa shape index (κ1) is 22.0. The van der Waals surface area contributed by atoms with Crippen LogP contribution in [-0.2, 0) is 6.54 Å². The minimum atomic E-state index is 0.199. The summed E-state index contributed by atoms with van der Waals surface area (Å²) in [5.74, 6) is 3.25. The minimum absolute atomic E-state index is 0.199. The van der Waals surface area contributed by atoms with Crippen molar-refractivity contribution >= 4 is 5.96 Å². The zero-order valence-corrected chi connectivity index (χ0v) is 18.3. The van der Waals surface area contributed by atoms with Crippen molar-refractivity contribution < 1.29 is 13.9 Å². The minimum Gasteiger partial charge on any atom is -0.493 e. The van der Waals surface area contributed by atoms with Gasteiger partial charge in [-0.15, -0.1) is 0 Å². The molecule has 7 heteroatoms. The highest BCUT2D eigenvalue weighted by Gasteiger charge is 2.24. The lowest BCUT2D eigenvalue weighted by Gasteiger charge is -2.33. The lowest BCUT2D eigenvalue weighted by atomic mass is 10.1. The van der Waals surface area contributed by atoms with Crippen LogP contribution in [0.5, 0.6) is 11.5 Å². The van der Waals surface area contributed by atoms with Crippen LogP contribution in [0.3, 0.4) is 0 Å². The molecule has 2 heterocycles. The van der Waals surface area contributed by atoms with Crippen LogP contribution in [0.25, 0.3) is 0 Å². The Morgan fingerprint density at radius 1 is 1.17 bits per heavy atom. The SMILES string of the molecule is CCOc1ccc(CNC(=NC)NCC(c2ccco2)N2CCCCC2)cc1OC. The van der Waals surface area contributed by atoms with E-state index in [4.69, 9.17) is 13.9 Å². The van der Waals surface area contributed by atoms with Crippen molar-refractivity contribution in [1.29, 1.82) is 0 Å². The third kappa shape index (κ3) is 5.92. The Morgan fingerprint density at radius 3 is 2.67 bits per heavy atom. The molecule has 164 valence electrons. The van der Waals surface area contributed by atoms with E-state index in [0.29, 0.717) is 13.2 Å². The summed E-state index contributed by atoms with van der Waals surface area (Å²) in [6, 6.07) is 10.2. The highest BCUT2D eigenvalue weighted by molar-refractivity contribution is 5.79. The molecule has 1 aromatic heterocycles. The van der Waals surface area contributed by atoms with Gasteiger partial charge in [0.2, 0.25) is 0 Å². The molecule has 1 aromatic carbocycles. The molecule has 30 heavy (non-hydrogen) atoms. The van der Waals surface area contributed by atoms with Crippen molar-refractivity contribution in [2.24, 2.45) is 4.99 Å². The number of nitrogens with zero attached hydrogens (tertiary/aromatic N) is 2. The van der Waals surface area contributed by atoms with Gasteiger partial charge in [-0.2, -0.15) is 0 Å². The number of rotatable bonds is 9. The lowest BCUT2D eigenvalue weighted by molar-refractivity contribution is 0.146. The normalized spacial score (nSPS) is 16.2. The highest BCUT2D eigenvalue weighted by atomic mass is 16.5. The standard InChI is InChI=1S/C23H34N4O3/c1-4-29-21-11-10-18(15-22(21)28-3)16-25-23(24-2)26-17-19(20-9-8-14-30-20)27-12-6-5-7-13-27/h8-11,14-15,19H,4-7,12-13,16-17H2,1-3H3,(H2,24,25,26). The number of nitrogens with one attached hydrogen (secondary N) is 2. The summed E-state index contributed by atoms with van der Waals surface area (Å²) in [7, 11) is 3.45. The molecule has 0 spiro atoms. The topological polar surface area (TPSA) is 71.3 Å². The first-order chi connectivity index (χ1) is 14.7. The van der Waals surface area contributed by atoms with Gasteiger partial charge in [0.15, 0.2) is 17.5 Å². The molecule has 0 radical (unpaired) electrons. The van der Waals surface area contributed by atoms with Crippen molar-refractivity contribution in [2.45, 2.75) is 38.8 Å². The second kappa shape index (κ2) is 11.5. The van der Waals surface area contributed by atoms with E-state index in [1.807, 2.05) is 31.2 Å². The number of aliphatic imine (C=N–C) groups is 1. The quantitative estimate of drug-likeness (QED) is 0.483. The number of benzene rings is 1. The number of hydrogen-bond donors (Lipinski definition) is 2. The van der Waals surface area contributed by atoms with E-state index in [-0.39, 0.29) is 6.04 Å². The van der Waals surface area contributed by atoms with Crippen LogP contribution in [0.4, 0.5) is 0 Å². The molecule has 1 atom stereocenters. The van der Waals surface area contributed by atoms with Crippen LogP contribution in [0.1, 0.15) is 43.6 Å². The zero-order valence-electron chi connectivity index (χ0n) is 18.3. The number of hydrogen-bond acceptors (Lipinski definition) is 5. The number of methoxy groups -OCH3 is 1. The van der Waals surface area contributed by atoms with Gasteiger partial charge in [0.05, 0.1) is 26.0 Å². The van der Waals surface area contributed by atoms with Crippen LogP contribution < -0.4 is 20.1 Å². The smallest absolute Gasteiger partial charge is 0.191 e. The van der Waals surface area contributed by atoms with Gasteiger partial charge in [0, 0.05) is 20.1 Å². The molecule has 1 fully saturated rings. The van der Waals surface area contributed by atoms with E-state index in [1.165, 1.54) is 19.3 Å². The zero-order chi connectivity index (χ0) is 21.2. The van der Waals surface area contributed by atoms with Gasteiger partial charge in [0.1, 0.15) is 5.76 Å². The van der Waals surface area contributed by atoms with Gasteiger partial charge in [-0.1, -0.05) is 12.5 Å². The summed E-state index contributed by atoms with van der Waals surface area (Å²) in [6.07, 6.45) is 5.54. The second-order valence-electron chi connectivity index (χ2n) is 7.35. The summed E-state index contributed by atoms with van der Waals surface area (Å²) in [5, 5.41) is 6.85. The maximum atomic E-state index is 5.73. The first-order valence-electron chi connectivity index (χ1n) is 10.8. The van der Waals surface area contributed by atoms with E-state index in [1.54, 1.807) is 20.4 Å². The van der Waals surface area contributed by atoms with Crippen LogP contribution in [0.15, 0.2) is 46.0 Å². The van der Waals surface area contributed by atoms with Gasteiger partial charge >= 0.3 is 0 Å². The summed E-state index contributed by atoms with van der Waals surface area (Å²) < 4.78 is 16.8. The molecule has 0 bridgehead atoms. The molecule has 7 nitrogen and oxygen atoms in total. The third-order valence-corrected chi connectivity index (χ3v) is 5.38. The van der Waals surface area contributed by atoms with E-state index >= 15 is 0 Å². The number of piperidine rings is 1. The average molecular weight is 415 g/mol. The summed E-state index contributed by atoms with van der Waals surface area (Å²) in [4.78, 5) is 6.88. The molecule has 1 aliphatic heterocycles. The Kier molecular flexibility index (Phi) is 8.44. The molecule has 2 N–H and O–H groups in total. The van der Waals surface area contributed by atoms with Gasteiger partial charge in [0.25, 0.3) is 0 Å². The maximum Gasteiger partial charge on any atom is 0.191 e. The molecular formula is C23H34N4O3. The fourth-order valence-corrected chi connectivity index (χ4v) is 3.82. The van der Waals surface area contributed by atoms with Gasteiger partial charge in [-0.25, -0.2) is 0 Å². The Bertz CT molecular complexity index is 786. The van der Waals surface area contributed by atoms with E-state index in [0.717, 1.165) is 48.4 Å². The van der Waals surface area contributed by atoms with E-state index in [2.05, 4.69) is 26.6 Å². The predicted molar refractivity (Wildman–Crippen MR) is 119 cm³/mol. The Morgan fingerprint density at radius 2 is 2.00 bits per heavy atom. The fourth-order valence-electron chi connectivity index (χ4n) is 3.82. The molecule has 1 unspecified atom stereocenters. The molecule has 0 saturated carbocycles. The van der Waals surface area contributed by atoms with Crippen molar-refractivity contribution in [1.82, 2.24) is 15.5 Å². The van der Waals surface area contributed by atoms with Gasteiger partial charge in [-0.05, 0) is 62.7 Å². The third-order valence-electron chi connectivity index (χ3n) is 5.38. The predicted octanol–water partition coefficient (Wildman–Crippen LogP) is 3.58. The maximum absolute atomic E-state index is 5.73. The fraction of sp³-hybridized carbons (Fsp3) is 0.522. The average Bonchev–Trinajstić information content (AvgIpc) is 3.32. The summed E-state index contributed by atoms with van der Waals surface area (Å²) >= 11 is 0. The molecule has 1 saturated heterocycles. The molecule has 1 aliphatic rings. The van der Waals surface area contributed by atoms with E-state index in [9.17, 15) is 0 Å². The largest absolute Gasteiger partial charge is 0.493 e. The van der Waals surface area contributed by atoms with Gasteiger partial charge < -0.3 is 24.5 Å². The van der Waals surface area contributed by atoms with Crippen LogP contribution in [-0.4, -0.2) is 51.3 Å². The summed E-state index contributed by atoms with van der Waals surface area (Å²) in [5.41, 5.74) is 1.09. The van der Waals surface area contributed by atoms with Crippen LogP contribution >= 0.6 is 0 Å². The van der Waals surface area contributed by atoms with Crippen LogP contribution in [0, 0.1) is 0 Å². The van der Waals surface area contributed by atoms with Crippen molar-refractivity contribution in [3.05, 3.63) is 47.9 Å². The Balaban J connectivity index is 1.58. The Labute approximate surface area is 179 Å². The number of furan rings is 1. The van der Waals surface area contributed by atoms with Crippen molar-refractivity contribution in [3.63, 3.8) is 0 Å². The molecule has 0 amide bonds.